The second-order valence-electron chi connectivity index (χ2n) is 7.46. The number of carbonyl (C=O) groups is 3. The zero-order valence-electron chi connectivity index (χ0n) is 15.8. The number of hydrogen-bond acceptors (Lipinski definition) is 7. The highest BCUT2D eigenvalue weighted by molar-refractivity contribution is 5.83. The molecule has 2 rings (SSSR count). The Morgan fingerprint density at radius 3 is 2.56 bits per heavy atom. The molecule has 1 heterocycles. The van der Waals surface area contributed by atoms with Crippen LogP contribution in [0.2, 0.25) is 0 Å². The SMILES string of the molecule is CC(C)(C)OC(=O)N[C@H]1CC(=O)CN(CC(=O)OCc2ccccc2)C1O. The molecule has 27 heavy (non-hydrogen) atoms. The van der Waals surface area contributed by atoms with Crippen LogP contribution in [0.4, 0.5) is 4.79 Å². The number of benzene rings is 1. The van der Waals surface area contributed by atoms with Gasteiger partial charge in [0.05, 0.1) is 19.1 Å². The predicted octanol–water partition coefficient (Wildman–Crippen LogP) is 1.22. The van der Waals surface area contributed by atoms with Gasteiger partial charge in [0.25, 0.3) is 0 Å². The molecule has 1 aliphatic heterocycles. The molecule has 2 N–H and O–H groups in total. The number of ketones is 1. The van der Waals surface area contributed by atoms with E-state index in [0.717, 1.165) is 5.56 Å². The third-order valence-corrected chi connectivity index (χ3v) is 3.84. The van der Waals surface area contributed by atoms with Crippen LogP contribution >= 0.6 is 0 Å². The summed E-state index contributed by atoms with van der Waals surface area (Å²) in [6.45, 7) is 4.90. The lowest BCUT2D eigenvalue weighted by molar-refractivity contribution is -0.153. The number of rotatable bonds is 5. The Morgan fingerprint density at radius 1 is 1.26 bits per heavy atom. The summed E-state index contributed by atoms with van der Waals surface area (Å²) in [6.07, 6.45) is -1.96. The normalized spacial score (nSPS) is 20.8. The van der Waals surface area contributed by atoms with Crippen LogP contribution in [-0.2, 0) is 25.7 Å². The zero-order valence-corrected chi connectivity index (χ0v) is 15.8. The van der Waals surface area contributed by atoms with E-state index in [1.54, 1.807) is 20.8 Å². The van der Waals surface area contributed by atoms with Crippen molar-refractivity contribution in [3.8, 4) is 0 Å². The van der Waals surface area contributed by atoms with Gasteiger partial charge in [-0.15, -0.1) is 0 Å². The number of aliphatic hydroxyl groups excluding tert-OH is 1. The lowest BCUT2D eigenvalue weighted by atomic mass is 10.0. The minimum atomic E-state index is -1.19. The molecule has 0 aromatic heterocycles. The summed E-state index contributed by atoms with van der Waals surface area (Å²) >= 11 is 0. The van der Waals surface area contributed by atoms with Gasteiger partial charge in [0.2, 0.25) is 0 Å². The Morgan fingerprint density at radius 2 is 1.93 bits per heavy atom. The minimum absolute atomic E-state index is 0.0318. The number of carbonyl (C=O) groups excluding carboxylic acids is 3. The van der Waals surface area contributed by atoms with Crippen LogP contribution in [0.25, 0.3) is 0 Å². The van der Waals surface area contributed by atoms with Gasteiger partial charge < -0.3 is 19.9 Å². The molecule has 0 radical (unpaired) electrons. The van der Waals surface area contributed by atoms with Gasteiger partial charge in [0.1, 0.15) is 24.2 Å². The van der Waals surface area contributed by atoms with Gasteiger partial charge in [0, 0.05) is 6.42 Å². The van der Waals surface area contributed by atoms with Crippen molar-refractivity contribution in [3.05, 3.63) is 35.9 Å². The minimum Gasteiger partial charge on any atom is -0.460 e. The number of ether oxygens (including phenoxy) is 2. The monoisotopic (exact) mass is 378 g/mol. The predicted molar refractivity (Wildman–Crippen MR) is 96.6 cm³/mol. The largest absolute Gasteiger partial charge is 0.460 e. The molecule has 0 saturated carbocycles. The van der Waals surface area contributed by atoms with Crippen molar-refractivity contribution in [3.63, 3.8) is 0 Å². The summed E-state index contributed by atoms with van der Waals surface area (Å²) in [5.41, 5.74) is 0.139. The molecule has 1 saturated heterocycles. The quantitative estimate of drug-likeness (QED) is 0.742. The molecule has 1 amide bonds. The molecule has 1 aromatic carbocycles. The molecular formula is C19H26N2O6. The van der Waals surface area contributed by atoms with Crippen LogP contribution in [0.15, 0.2) is 30.3 Å². The Bertz CT molecular complexity index is 671. The average molecular weight is 378 g/mol. The van der Waals surface area contributed by atoms with E-state index < -0.39 is 29.9 Å². The Hall–Kier alpha value is -2.45. The molecule has 0 bridgehead atoms. The number of esters is 1. The number of Topliss-reactive ketones (excluding diaryl/α,β-unsaturated/α-hetero) is 1. The maximum Gasteiger partial charge on any atom is 0.408 e. The first-order chi connectivity index (χ1) is 12.6. The molecule has 1 unspecified atom stereocenters. The summed E-state index contributed by atoms with van der Waals surface area (Å²) in [5.74, 6) is -0.763. The van der Waals surface area contributed by atoms with Crippen molar-refractivity contribution >= 4 is 17.8 Å². The van der Waals surface area contributed by atoms with Gasteiger partial charge in [-0.05, 0) is 26.3 Å². The van der Waals surface area contributed by atoms with Gasteiger partial charge in [-0.1, -0.05) is 30.3 Å². The fourth-order valence-electron chi connectivity index (χ4n) is 2.67. The fraction of sp³-hybridized carbons (Fsp3) is 0.526. The summed E-state index contributed by atoms with van der Waals surface area (Å²) in [5, 5.41) is 12.9. The highest BCUT2D eigenvalue weighted by atomic mass is 16.6. The van der Waals surface area contributed by atoms with Crippen LogP contribution in [0.1, 0.15) is 32.8 Å². The second-order valence-corrected chi connectivity index (χ2v) is 7.46. The van der Waals surface area contributed by atoms with Crippen LogP contribution < -0.4 is 5.32 Å². The average Bonchev–Trinajstić information content (AvgIpc) is 2.56. The van der Waals surface area contributed by atoms with E-state index in [4.69, 9.17) is 9.47 Å². The topological polar surface area (TPSA) is 105 Å². The van der Waals surface area contributed by atoms with E-state index in [-0.39, 0.29) is 31.9 Å². The van der Waals surface area contributed by atoms with E-state index >= 15 is 0 Å². The number of amides is 1. The number of piperidine rings is 1. The van der Waals surface area contributed by atoms with E-state index in [0.29, 0.717) is 0 Å². The molecule has 2 atom stereocenters. The molecule has 0 aliphatic carbocycles. The molecule has 8 heteroatoms. The van der Waals surface area contributed by atoms with Crippen LogP contribution in [0, 0.1) is 0 Å². The van der Waals surface area contributed by atoms with Gasteiger partial charge in [-0.25, -0.2) is 4.79 Å². The first-order valence-corrected chi connectivity index (χ1v) is 8.77. The first-order valence-electron chi connectivity index (χ1n) is 8.77. The zero-order chi connectivity index (χ0) is 20.0. The van der Waals surface area contributed by atoms with Crippen molar-refractivity contribution in [1.82, 2.24) is 10.2 Å². The first kappa shape index (κ1) is 20.9. The standard InChI is InChI=1S/C19H26N2O6/c1-19(2,3)27-18(25)20-15-9-14(22)10-21(17(15)24)11-16(23)26-12-13-7-5-4-6-8-13/h4-8,15,17,24H,9-12H2,1-3H3,(H,20,25)/t15-,17?/m0/s1. The molecule has 148 valence electrons. The maximum absolute atomic E-state index is 12.1. The molecule has 1 aromatic rings. The van der Waals surface area contributed by atoms with Gasteiger partial charge in [0.15, 0.2) is 0 Å². The van der Waals surface area contributed by atoms with Crippen molar-refractivity contribution in [2.45, 2.75) is 51.7 Å². The van der Waals surface area contributed by atoms with Gasteiger partial charge in [-0.3, -0.25) is 14.5 Å². The lowest BCUT2D eigenvalue weighted by Crippen LogP contribution is -2.59. The van der Waals surface area contributed by atoms with Crippen LogP contribution in [0.5, 0.6) is 0 Å². The van der Waals surface area contributed by atoms with Crippen molar-refractivity contribution < 1.29 is 29.0 Å². The number of hydrogen-bond donors (Lipinski definition) is 2. The molecule has 1 aliphatic rings. The van der Waals surface area contributed by atoms with Crippen molar-refractivity contribution in [1.29, 1.82) is 0 Å². The molecule has 0 spiro atoms. The highest BCUT2D eigenvalue weighted by Crippen LogP contribution is 2.15. The number of nitrogens with zero attached hydrogens (tertiary/aromatic N) is 1. The highest BCUT2D eigenvalue weighted by Gasteiger charge is 2.37. The summed E-state index contributed by atoms with van der Waals surface area (Å²) < 4.78 is 10.3. The van der Waals surface area contributed by atoms with Crippen molar-refractivity contribution in [2.75, 3.05) is 13.1 Å². The summed E-state index contributed by atoms with van der Waals surface area (Å²) in [6, 6.07) is 8.33. The Balaban J connectivity index is 1.89. The van der Waals surface area contributed by atoms with Crippen molar-refractivity contribution in [2.24, 2.45) is 0 Å². The number of nitrogens with one attached hydrogen (secondary N) is 1. The van der Waals surface area contributed by atoms with Crippen LogP contribution in [0.3, 0.4) is 0 Å². The van der Waals surface area contributed by atoms with E-state index in [1.807, 2.05) is 30.3 Å². The van der Waals surface area contributed by atoms with Gasteiger partial charge in [-0.2, -0.15) is 0 Å². The van der Waals surface area contributed by atoms with Crippen LogP contribution in [-0.4, -0.2) is 58.8 Å². The Kier molecular flexibility index (Phi) is 6.92. The lowest BCUT2D eigenvalue weighted by Gasteiger charge is -2.36. The summed E-state index contributed by atoms with van der Waals surface area (Å²) in [7, 11) is 0. The Labute approximate surface area is 158 Å². The van der Waals surface area contributed by atoms with E-state index in [1.165, 1.54) is 4.90 Å². The van der Waals surface area contributed by atoms with Gasteiger partial charge >= 0.3 is 12.1 Å². The maximum atomic E-state index is 12.1. The second kappa shape index (κ2) is 8.96. The van der Waals surface area contributed by atoms with E-state index in [2.05, 4.69) is 5.32 Å². The third kappa shape index (κ3) is 6.99. The molecular weight excluding hydrogens is 352 g/mol. The summed E-state index contributed by atoms with van der Waals surface area (Å²) in [4.78, 5) is 37.2. The number of alkyl carbamates (subject to hydrolysis) is 1. The molecule has 1 fully saturated rings. The molecule has 8 nitrogen and oxygen atoms in total. The number of aliphatic hydroxyl groups is 1. The fourth-order valence-corrected chi connectivity index (χ4v) is 2.67. The van der Waals surface area contributed by atoms with E-state index in [9.17, 15) is 19.5 Å². The third-order valence-electron chi connectivity index (χ3n) is 3.84. The smallest absolute Gasteiger partial charge is 0.408 e. The number of likely N-dealkylation sites (tertiary alicyclic amines) is 1.